The summed E-state index contributed by atoms with van der Waals surface area (Å²) in [4.78, 5) is 0. The normalized spacial score (nSPS) is 12.9. The Morgan fingerprint density at radius 2 is 2.05 bits per heavy atom. The maximum absolute atomic E-state index is 6.20. The Bertz CT molecular complexity index is 564. The number of benzene rings is 1. The van der Waals surface area contributed by atoms with Crippen LogP contribution in [0.3, 0.4) is 0 Å². The van der Waals surface area contributed by atoms with Crippen LogP contribution >= 0.6 is 11.6 Å². The van der Waals surface area contributed by atoms with Crippen LogP contribution in [0.2, 0.25) is 5.02 Å². The van der Waals surface area contributed by atoms with E-state index >= 15 is 0 Å². The number of rotatable bonds is 4. The lowest BCUT2D eigenvalue weighted by atomic mass is 9.98. The maximum Gasteiger partial charge on any atom is 0.183 e. The summed E-state index contributed by atoms with van der Waals surface area (Å²) in [6, 6.07) is 5.35. The van der Waals surface area contributed by atoms with E-state index in [0.717, 1.165) is 12.1 Å². The van der Waals surface area contributed by atoms with Crippen LogP contribution in [-0.4, -0.2) is 20.2 Å². The van der Waals surface area contributed by atoms with E-state index in [1.54, 1.807) is 16.8 Å². The van der Waals surface area contributed by atoms with E-state index in [9.17, 15) is 0 Å². The summed E-state index contributed by atoms with van der Waals surface area (Å²) < 4.78 is 1.79. The molecule has 5 nitrogen and oxygen atoms in total. The molecule has 2 rings (SSSR count). The molecular weight excluding hydrogens is 262 g/mol. The summed E-state index contributed by atoms with van der Waals surface area (Å²) in [6.45, 7) is 7.32. The van der Waals surface area contributed by atoms with Gasteiger partial charge in [-0.25, -0.2) is 4.68 Å². The zero-order chi connectivity index (χ0) is 14.0. The molecule has 19 heavy (non-hydrogen) atoms. The predicted octanol–water partition coefficient (Wildman–Crippen LogP) is 2.87. The maximum atomic E-state index is 6.20. The van der Waals surface area contributed by atoms with Gasteiger partial charge in [0.15, 0.2) is 5.82 Å². The monoisotopic (exact) mass is 279 g/mol. The molecule has 0 saturated heterocycles. The molecule has 0 spiro atoms. The van der Waals surface area contributed by atoms with Crippen molar-refractivity contribution in [2.24, 2.45) is 11.8 Å². The Morgan fingerprint density at radius 1 is 1.32 bits per heavy atom. The molecule has 1 aromatic heterocycles. The molecule has 0 aliphatic heterocycles. The third kappa shape index (κ3) is 3.04. The molecule has 0 amide bonds. The molecule has 0 aliphatic carbocycles. The second-order valence-electron chi connectivity index (χ2n) is 5.15. The van der Waals surface area contributed by atoms with Crippen LogP contribution in [0, 0.1) is 11.8 Å². The number of hydrogen-bond donors (Lipinski definition) is 1. The Hall–Kier alpha value is -1.62. The number of halogens is 1. The number of aromatic nitrogens is 4. The van der Waals surface area contributed by atoms with Crippen LogP contribution in [0.25, 0.3) is 11.4 Å². The molecular formula is C13H18ClN5. The molecule has 0 aliphatic rings. The van der Waals surface area contributed by atoms with Crippen LogP contribution in [0.1, 0.15) is 20.8 Å². The fourth-order valence-corrected chi connectivity index (χ4v) is 1.99. The standard InChI is InChI=1S/C13H18ClN5/c1-8(2)9(3)7-19-13(16-17-18-19)11-5-4-10(15)6-12(11)14/h4-6,8-9H,7,15H2,1-3H3. The topological polar surface area (TPSA) is 69.6 Å². The summed E-state index contributed by atoms with van der Waals surface area (Å²) in [6.07, 6.45) is 0. The van der Waals surface area contributed by atoms with Gasteiger partial charge in [0.25, 0.3) is 0 Å². The first-order valence-corrected chi connectivity index (χ1v) is 6.68. The van der Waals surface area contributed by atoms with Gasteiger partial charge in [0, 0.05) is 17.8 Å². The fraction of sp³-hybridized carbons (Fsp3) is 0.462. The quantitative estimate of drug-likeness (QED) is 0.874. The van der Waals surface area contributed by atoms with E-state index in [1.165, 1.54) is 0 Å². The smallest absolute Gasteiger partial charge is 0.183 e. The minimum absolute atomic E-state index is 0.481. The van der Waals surface area contributed by atoms with Crippen LogP contribution in [0.4, 0.5) is 5.69 Å². The minimum atomic E-state index is 0.481. The number of anilines is 1. The lowest BCUT2D eigenvalue weighted by Crippen LogP contribution is -2.15. The van der Waals surface area contributed by atoms with Crippen LogP contribution < -0.4 is 5.73 Å². The first-order valence-electron chi connectivity index (χ1n) is 6.30. The average molecular weight is 280 g/mol. The number of nitrogen functional groups attached to an aromatic ring is 1. The first kappa shape index (κ1) is 13.8. The number of nitrogens with two attached hydrogens (primary N) is 1. The third-order valence-electron chi connectivity index (χ3n) is 3.36. The van der Waals surface area contributed by atoms with Gasteiger partial charge in [-0.05, 0) is 40.5 Å². The molecule has 0 fully saturated rings. The highest BCUT2D eigenvalue weighted by atomic mass is 35.5. The number of tetrazole rings is 1. The van der Waals surface area contributed by atoms with Gasteiger partial charge >= 0.3 is 0 Å². The summed E-state index contributed by atoms with van der Waals surface area (Å²) in [5.74, 6) is 1.73. The van der Waals surface area contributed by atoms with Crippen molar-refractivity contribution in [3.63, 3.8) is 0 Å². The molecule has 0 radical (unpaired) electrons. The molecule has 0 bridgehead atoms. The SMILES string of the molecule is CC(C)C(C)Cn1nnnc1-c1ccc(N)cc1Cl. The molecule has 1 heterocycles. The van der Waals surface area contributed by atoms with Crippen LogP contribution in [-0.2, 0) is 6.54 Å². The van der Waals surface area contributed by atoms with Crippen LogP contribution in [0.5, 0.6) is 0 Å². The molecule has 0 saturated carbocycles. The predicted molar refractivity (Wildman–Crippen MR) is 76.7 cm³/mol. The summed E-state index contributed by atoms with van der Waals surface area (Å²) in [5, 5.41) is 12.4. The lowest BCUT2D eigenvalue weighted by molar-refractivity contribution is 0.347. The molecule has 2 N–H and O–H groups in total. The Kier molecular flexibility index (Phi) is 4.04. The fourth-order valence-electron chi connectivity index (χ4n) is 1.72. The largest absolute Gasteiger partial charge is 0.399 e. The van der Waals surface area contributed by atoms with Crippen molar-refractivity contribution < 1.29 is 0 Å². The van der Waals surface area contributed by atoms with Crippen molar-refractivity contribution in [2.75, 3.05) is 5.73 Å². The van der Waals surface area contributed by atoms with Gasteiger partial charge in [0.05, 0.1) is 5.02 Å². The number of nitrogens with zero attached hydrogens (tertiary/aromatic N) is 4. The van der Waals surface area contributed by atoms with E-state index in [0.29, 0.717) is 28.4 Å². The van der Waals surface area contributed by atoms with Crippen molar-refractivity contribution in [1.29, 1.82) is 0 Å². The van der Waals surface area contributed by atoms with Gasteiger partial charge in [-0.1, -0.05) is 32.4 Å². The highest BCUT2D eigenvalue weighted by Gasteiger charge is 2.16. The minimum Gasteiger partial charge on any atom is -0.399 e. The second-order valence-corrected chi connectivity index (χ2v) is 5.55. The summed E-state index contributed by atoms with van der Waals surface area (Å²) >= 11 is 6.20. The van der Waals surface area contributed by atoms with Crippen molar-refractivity contribution >= 4 is 17.3 Å². The van der Waals surface area contributed by atoms with Crippen molar-refractivity contribution in [1.82, 2.24) is 20.2 Å². The van der Waals surface area contributed by atoms with Crippen LogP contribution in [0.15, 0.2) is 18.2 Å². The Balaban J connectivity index is 2.33. The van der Waals surface area contributed by atoms with E-state index < -0.39 is 0 Å². The van der Waals surface area contributed by atoms with Gasteiger partial charge in [-0.2, -0.15) is 0 Å². The highest BCUT2D eigenvalue weighted by Crippen LogP contribution is 2.28. The first-order chi connectivity index (χ1) is 8.99. The lowest BCUT2D eigenvalue weighted by Gasteiger charge is -2.16. The van der Waals surface area contributed by atoms with E-state index in [1.807, 2.05) is 6.07 Å². The zero-order valence-electron chi connectivity index (χ0n) is 11.3. The average Bonchev–Trinajstić information content (AvgIpc) is 2.77. The molecule has 1 aromatic carbocycles. The highest BCUT2D eigenvalue weighted by molar-refractivity contribution is 6.33. The third-order valence-corrected chi connectivity index (χ3v) is 3.68. The van der Waals surface area contributed by atoms with Gasteiger partial charge in [0.1, 0.15) is 0 Å². The Labute approximate surface area is 117 Å². The molecule has 1 atom stereocenters. The van der Waals surface area contributed by atoms with E-state index in [2.05, 4.69) is 36.3 Å². The second kappa shape index (κ2) is 5.57. The van der Waals surface area contributed by atoms with Gasteiger partial charge in [-0.15, -0.1) is 5.10 Å². The summed E-state index contributed by atoms with van der Waals surface area (Å²) in [5.41, 5.74) is 7.13. The van der Waals surface area contributed by atoms with Gasteiger partial charge in [0.2, 0.25) is 0 Å². The zero-order valence-corrected chi connectivity index (χ0v) is 12.1. The van der Waals surface area contributed by atoms with Gasteiger partial charge in [-0.3, -0.25) is 0 Å². The van der Waals surface area contributed by atoms with Crippen molar-refractivity contribution in [3.05, 3.63) is 23.2 Å². The number of hydrogen-bond acceptors (Lipinski definition) is 4. The van der Waals surface area contributed by atoms with Crippen molar-refractivity contribution in [2.45, 2.75) is 27.3 Å². The Morgan fingerprint density at radius 3 is 2.68 bits per heavy atom. The van der Waals surface area contributed by atoms with E-state index in [-0.39, 0.29) is 0 Å². The van der Waals surface area contributed by atoms with E-state index in [4.69, 9.17) is 17.3 Å². The van der Waals surface area contributed by atoms with Crippen molar-refractivity contribution in [3.8, 4) is 11.4 Å². The molecule has 102 valence electrons. The molecule has 1 unspecified atom stereocenters. The molecule has 2 aromatic rings. The molecule has 6 heteroatoms. The summed E-state index contributed by atoms with van der Waals surface area (Å²) in [7, 11) is 0. The van der Waals surface area contributed by atoms with Gasteiger partial charge < -0.3 is 5.73 Å².